The maximum absolute atomic E-state index is 10.7. The van der Waals surface area contributed by atoms with E-state index in [9.17, 15) is 4.79 Å². The summed E-state index contributed by atoms with van der Waals surface area (Å²) < 4.78 is 5.34. The number of nitrogens with one attached hydrogen (secondary N) is 2. The fourth-order valence-corrected chi connectivity index (χ4v) is 1.46. The van der Waals surface area contributed by atoms with Gasteiger partial charge < -0.3 is 21.1 Å². The molecule has 0 radical (unpaired) electrons. The normalized spacial score (nSPS) is 11.1. The van der Waals surface area contributed by atoms with Crippen molar-refractivity contribution in [3.8, 4) is 0 Å². The molecule has 1 aromatic rings. The molecule has 100 valence electrons. The minimum absolute atomic E-state index is 0.143. The van der Waals surface area contributed by atoms with E-state index < -0.39 is 6.03 Å². The van der Waals surface area contributed by atoms with Crippen molar-refractivity contribution < 1.29 is 9.53 Å². The molecule has 0 bridgehead atoms. The number of amides is 2. The predicted octanol–water partition coefficient (Wildman–Crippen LogP) is 2.40. The van der Waals surface area contributed by atoms with E-state index in [1.807, 2.05) is 32.0 Å². The maximum Gasteiger partial charge on any atom is 0.316 e. The van der Waals surface area contributed by atoms with Crippen LogP contribution in [0.2, 0.25) is 0 Å². The molecule has 0 saturated heterocycles. The lowest BCUT2D eigenvalue weighted by Gasteiger charge is -2.23. The first-order valence-electron chi connectivity index (χ1n) is 5.88. The van der Waals surface area contributed by atoms with Gasteiger partial charge in [-0.25, -0.2) is 4.79 Å². The van der Waals surface area contributed by atoms with Crippen molar-refractivity contribution >= 4 is 17.4 Å². The lowest BCUT2D eigenvalue weighted by molar-refractivity contribution is 0.0185. The molecule has 18 heavy (non-hydrogen) atoms. The molecule has 0 heterocycles. The predicted molar refractivity (Wildman–Crippen MR) is 73.8 cm³/mol. The Bertz CT molecular complexity index is 405. The average molecular weight is 251 g/mol. The van der Waals surface area contributed by atoms with Gasteiger partial charge >= 0.3 is 6.03 Å². The van der Waals surface area contributed by atoms with Crippen LogP contribution in [-0.4, -0.2) is 25.3 Å². The van der Waals surface area contributed by atoms with Crippen LogP contribution in [0.15, 0.2) is 24.3 Å². The zero-order valence-corrected chi connectivity index (χ0v) is 11.1. The van der Waals surface area contributed by atoms with Crippen molar-refractivity contribution in [3.63, 3.8) is 0 Å². The summed E-state index contributed by atoms with van der Waals surface area (Å²) in [4.78, 5) is 10.7. The zero-order chi connectivity index (χ0) is 13.6. The van der Waals surface area contributed by atoms with Crippen molar-refractivity contribution in [2.45, 2.75) is 25.9 Å². The number of hydrogen-bond acceptors (Lipinski definition) is 3. The monoisotopic (exact) mass is 251 g/mol. The molecule has 0 atom stereocenters. The average Bonchev–Trinajstić information content (AvgIpc) is 2.28. The van der Waals surface area contributed by atoms with Gasteiger partial charge in [-0.15, -0.1) is 0 Å². The smallest absolute Gasteiger partial charge is 0.316 e. The number of carbonyl (C=O) groups is 1. The Kier molecular flexibility index (Phi) is 4.97. The van der Waals surface area contributed by atoms with Crippen LogP contribution in [0.4, 0.5) is 16.2 Å². The third-order valence-corrected chi connectivity index (χ3v) is 2.74. The van der Waals surface area contributed by atoms with Crippen LogP contribution in [0, 0.1) is 0 Å². The van der Waals surface area contributed by atoms with E-state index in [-0.39, 0.29) is 5.60 Å². The molecule has 0 unspecified atom stereocenters. The van der Waals surface area contributed by atoms with Gasteiger partial charge in [0.05, 0.1) is 5.60 Å². The van der Waals surface area contributed by atoms with E-state index >= 15 is 0 Å². The summed E-state index contributed by atoms with van der Waals surface area (Å²) in [5.41, 5.74) is 6.54. The molecule has 4 N–H and O–H groups in total. The van der Waals surface area contributed by atoms with Gasteiger partial charge in [-0.1, -0.05) is 6.07 Å². The number of rotatable bonds is 6. The van der Waals surface area contributed by atoms with Crippen LogP contribution in [-0.2, 0) is 4.74 Å². The molecule has 0 saturated carbocycles. The summed E-state index contributed by atoms with van der Waals surface area (Å²) in [5, 5.41) is 5.81. The third kappa shape index (κ3) is 5.05. The Balaban J connectivity index is 2.50. The van der Waals surface area contributed by atoms with Crippen molar-refractivity contribution in [1.82, 2.24) is 0 Å². The lowest BCUT2D eigenvalue weighted by atomic mass is 10.1. The first kappa shape index (κ1) is 14.3. The number of carbonyl (C=O) groups excluding carboxylic acids is 1. The van der Waals surface area contributed by atoms with Gasteiger partial charge in [0, 0.05) is 25.0 Å². The minimum atomic E-state index is -0.562. The highest BCUT2D eigenvalue weighted by Gasteiger charge is 2.15. The molecular formula is C13H21N3O2. The van der Waals surface area contributed by atoms with E-state index in [0.29, 0.717) is 5.69 Å². The Morgan fingerprint density at radius 2 is 2.06 bits per heavy atom. The van der Waals surface area contributed by atoms with Crippen LogP contribution < -0.4 is 16.4 Å². The molecule has 0 aliphatic rings. The van der Waals surface area contributed by atoms with Gasteiger partial charge in [-0.2, -0.15) is 0 Å². The molecule has 0 spiro atoms. The number of primary amides is 1. The highest BCUT2D eigenvalue weighted by atomic mass is 16.5. The topological polar surface area (TPSA) is 76.4 Å². The molecule has 2 amide bonds. The van der Waals surface area contributed by atoms with Gasteiger partial charge in [0.2, 0.25) is 0 Å². The van der Waals surface area contributed by atoms with E-state index in [4.69, 9.17) is 10.5 Å². The first-order valence-corrected chi connectivity index (χ1v) is 5.88. The molecule has 1 aromatic carbocycles. The van der Waals surface area contributed by atoms with Gasteiger partial charge in [0.15, 0.2) is 0 Å². The molecule has 1 rings (SSSR count). The maximum atomic E-state index is 10.7. The molecule has 0 fully saturated rings. The standard InChI is InChI=1S/C13H21N3O2/c1-13(2,18-3)7-8-15-10-5-4-6-11(9-10)16-12(14)17/h4-6,9,15H,7-8H2,1-3H3,(H3,14,16,17). The van der Waals surface area contributed by atoms with Crippen molar-refractivity contribution in [2.75, 3.05) is 24.3 Å². The third-order valence-electron chi connectivity index (χ3n) is 2.74. The van der Waals surface area contributed by atoms with Gasteiger partial charge in [0.25, 0.3) is 0 Å². The number of urea groups is 1. The second-order valence-electron chi connectivity index (χ2n) is 4.71. The Labute approximate surface area is 108 Å². The summed E-state index contributed by atoms with van der Waals surface area (Å²) in [5.74, 6) is 0. The largest absolute Gasteiger partial charge is 0.385 e. The molecule has 0 aliphatic heterocycles. The van der Waals surface area contributed by atoms with E-state index in [1.165, 1.54) is 0 Å². The van der Waals surface area contributed by atoms with Crippen molar-refractivity contribution in [3.05, 3.63) is 24.3 Å². The van der Waals surface area contributed by atoms with Crippen LogP contribution in [0.3, 0.4) is 0 Å². The molecule has 5 nitrogen and oxygen atoms in total. The minimum Gasteiger partial charge on any atom is -0.385 e. The van der Waals surface area contributed by atoms with Crippen LogP contribution in [0.25, 0.3) is 0 Å². The second kappa shape index (κ2) is 6.26. The molecule has 0 aromatic heterocycles. The summed E-state index contributed by atoms with van der Waals surface area (Å²) >= 11 is 0. The highest BCUT2D eigenvalue weighted by Crippen LogP contribution is 2.17. The van der Waals surface area contributed by atoms with Crippen LogP contribution in [0.1, 0.15) is 20.3 Å². The molecule has 0 aliphatic carbocycles. The Hall–Kier alpha value is -1.75. The van der Waals surface area contributed by atoms with E-state index in [2.05, 4.69) is 10.6 Å². The van der Waals surface area contributed by atoms with Crippen LogP contribution >= 0.6 is 0 Å². The quantitative estimate of drug-likeness (QED) is 0.726. The number of ether oxygens (including phenoxy) is 1. The summed E-state index contributed by atoms with van der Waals surface area (Å²) in [6, 6.07) is 6.85. The number of methoxy groups -OCH3 is 1. The number of nitrogens with two attached hydrogens (primary N) is 1. The Morgan fingerprint density at radius 1 is 1.39 bits per heavy atom. The number of benzene rings is 1. The van der Waals surface area contributed by atoms with E-state index in [1.54, 1.807) is 13.2 Å². The Morgan fingerprint density at radius 3 is 2.67 bits per heavy atom. The van der Waals surface area contributed by atoms with E-state index in [0.717, 1.165) is 18.7 Å². The zero-order valence-electron chi connectivity index (χ0n) is 11.1. The number of hydrogen-bond donors (Lipinski definition) is 3. The van der Waals surface area contributed by atoms with Gasteiger partial charge in [-0.3, -0.25) is 0 Å². The van der Waals surface area contributed by atoms with Crippen molar-refractivity contribution in [1.29, 1.82) is 0 Å². The SMILES string of the molecule is COC(C)(C)CCNc1cccc(NC(N)=O)c1. The fraction of sp³-hybridized carbons (Fsp3) is 0.462. The molecular weight excluding hydrogens is 230 g/mol. The van der Waals surface area contributed by atoms with Gasteiger partial charge in [-0.05, 0) is 38.5 Å². The summed E-state index contributed by atoms with van der Waals surface area (Å²) in [6.07, 6.45) is 0.886. The molecule has 5 heteroatoms. The highest BCUT2D eigenvalue weighted by molar-refractivity contribution is 5.88. The fourth-order valence-electron chi connectivity index (χ4n) is 1.46. The first-order chi connectivity index (χ1) is 8.43. The second-order valence-corrected chi connectivity index (χ2v) is 4.71. The van der Waals surface area contributed by atoms with Crippen molar-refractivity contribution in [2.24, 2.45) is 5.73 Å². The summed E-state index contributed by atoms with van der Waals surface area (Å²) in [6.45, 7) is 4.88. The van der Waals surface area contributed by atoms with Crippen LogP contribution in [0.5, 0.6) is 0 Å². The van der Waals surface area contributed by atoms with Gasteiger partial charge in [0.1, 0.15) is 0 Å². The lowest BCUT2D eigenvalue weighted by Crippen LogP contribution is -2.25. The number of anilines is 2. The summed E-state index contributed by atoms with van der Waals surface area (Å²) in [7, 11) is 1.71.